The van der Waals surface area contributed by atoms with Crippen LogP contribution in [0.15, 0.2) is 73.1 Å². The van der Waals surface area contributed by atoms with Gasteiger partial charge in [-0.2, -0.15) is 0 Å². The Morgan fingerprint density at radius 2 is 1.50 bits per heavy atom. The van der Waals surface area contributed by atoms with Crippen LogP contribution in [0.4, 0.5) is 0 Å². The number of aliphatic carboxylic acids is 1. The fourth-order valence-electron chi connectivity index (χ4n) is 6.35. The lowest BCUT2D eigenvalue weighted by Crippen LogP contribution is -2.57. The third-order valence-electron chi connectivity index (χ3n) is 9.62. The lowest BCUT2D eigenvalue weighted by Gasteiger charge is -2.31. The average Bonchev–Trinajstić information content (AvgIpc) is 3.71. The van der Waals surface area contributed by atoms with Crippen molar-refractivity contribution in [1.29, 1.82) is 0 Å². The highest BCUT2D eigenvalue weighted by molar-refractivity contribution is 7.14. The van der Waals surface area contributed by atoms with Gasteiger partial charge in [-0.3, -0.25) is 19.2 Å². The molecule has 2 aromatic carbocycles. The van der Waals surface area contributed by atoms with Crippen molar-refractivity contribution in [3.05, 3.63) is 88.4 Å². The van der Waals surface area contributed by atoms with E-state index in [1.807, 2.05) is 54.6 Å². The molecule has 56 heavy (non-hydrogen) atoms. The second-order valence-corrected chi connectivity index (χ2v) is 16.2. The number of aromatic nitrogens is 2. The molecule has 4 N–H and O–H groups in total. The minimum absolute atomic E-state index is 0.0926. The van der Waals surface area contributed by atoms with Gasteiger partial charge in [0, 0.05) is 61.0 Å². The third kappa shape index (κ3) is 12.2. The number of hydrogen-bond donors (Lipinski definition) is 4. The Morgan fingerprint density at radius 3 is 2.12 bits per heavy atom. The minimum atomic E-state index is -1.29. The number of carboxylic acids is 1. The first-order valence-corrected chi connectivity index (χ1v) is 20.3. The summed E-state index contributed by atoms with van der Waals surface area (Å²) in [5.74, 6) is -1.40. The summed E-state index contributed by atoms with van der Waals surface area (Å²) in [6.45, 7) is 11.0. The van der Waals surface area contributed by atoms with Gasteiger partial charge in [-0.05, 0) is 47.2 Å². The molecule has 1 aliphatic rings. The number of thiophene rings is 1. The molecule has 1 aliphatic heterocycles. The molecule has 1 saturated heterocycles. The van der Waals surface area contributed by atoms with E-state index in [4.69, 9.17) is 4.74 Å². The zero-order valence-corrected chi connectivity index (χ0v) is 33.6. The lowest BCUT2D eigenvalue weighted by atomic mass is 9.95. The molecule has 3 amide bonds. The molecular weight excluding hydrogens is 729 g/mol. The summed E-state index contributed by atoms with van der Waals surface area (Å²) in [4.78, 5) is 64.8. The van der Waals surface area contributed by atoms with Crippen LogP contribution < -0.4 is 20.7 Å². The molecule has 4 aromatic rings. The predicted molar refractivity (Wildman–Crippen MR) is 219 cm³/mol. The molecule has 2 atom stereocenters. The maximum Gasteiger partial charge on any atom is 0.305 e. The summed E-state index contributed by atoms with van der Waals surface area (Å²) in [5, 5.41) is 18.3. The fraction of sp³-hybridized carbons (Fsp3) is 0.442. The smallest absolute Gasteiger partial charge is 0.305 e. The topological polar surface area (TPSA) is 163 Å². The Hall–Kier alpha value is -5.14. The Morgan fingerprint density at radius 1 is 0.839 bits per heavy atom. The standard InChI is InChI=1S/C43H54N6O6S/c1-5-6-7-8-9-24-55-33-16-14-30(15-17-33)32-27-45-39(46-28-32)31-12-10-29(11-13-31)25-34(47-41(53)36-18-19-37(56-36)43(2,3)4)40(52)48-35(26-38(50)51)42(54)49-22-20-44-21-23-49/h10-19,27-28,34-35,44H,5-9,20-26H2,1-4H3,(H,47,53)(H,48,52)(H,50,51)/t34-,35-/m0/s1. The molecule has 0 radical (unpaired) electrons. The van der Waals surface area contributed by atoms with Crippen molar-refractivity contribution in [2.45, 2.75) is 90.1 Å². The van der Waals surface area contributed by atoms with Crippen LogP contribution in [-0.4, -0.2) is 88.5 Å². The van der Waals surface area contributed by atoms with E-state index in [1.54, 1.807) is 23.4 Å². The van der Waals surface area contributed by atoms with Crippen molar-refractivity contribution >= 4 is 35.0 Å². The molecule has 0 aliphatic carbocycles. The van der Waals surface area contributed by atoms with Crippen molar-refractivity contribution < 1.29 is 29.0 Å². The van der Waals surface area contributed by atoms with Gasteiger partial charge in [0.15, 0.2) is 5.82 Å². The van der Waals surface area contributed by atoms with Gasteiger partial charge in [0.2, 0.25) is 11.8 Å². The van der Waals surface area contributed by atoms with Crippen molar-refractivity contribution in [3.8, 4) is 28.3 Å². The molecular formula is C43H54N6O6S. The molecule has 1 fully saturated rings. The molecule has 0 spiro atoms. The van der Waals surface area contributed by atoms with Gasteiger partial charge in [0.1, 0.15) is 17.8 Å². The summed E-state index contributed by atoms with van der Waals surface area (Å²) in [6.07, 6.45) is 9.03. The second kappa shape index (κ2) is 20.1. The number of piperazine rings is 1. The summed E-state index contributed by atoms with van der Waals surface area (Å²) < 4.78 is 5.90. The SMILES string of the molecule is CCCCCCCOc1ccc(-c2cnc(-c3ccc(C[C@H](NC(=O)c4ccc(C(C)(C)C)s4)C(=O)N[C@@H](CC(=O)O)C(=O)N4CCNCC4)cc3)nc2)cc1. The fourth-order valence-corrected chi connectivity index (χ4v) is 7.31. The Labute approximate surface area is 333 Å². The van der Waals surface area contributed by atoms with Gasteiger partial charge < -0.3 is 30.7 Å². The largest absolute Gasteiger partial charge is 0.494 e. The van der Waals surface area contributed by atoms with Crippen LogP contribution in [0.5, 0.6) is 5.75 Å². The van der Waals surface area contributed by atoms with Gasteiger partial charge in [0.05, 0.1) is 17.9 Å². The van der Waals surface area contributed by atoms with Gasteiger partial charge in [-0.1, -0.05) is 89.8 Å². The average molecular weight is 783 g/mol. The summed E-state index contributed by atoms with van der Waals surface area (Å²) in [6, 6.07) is 16.6. The summed E-state index contributed by atoms with van der Waals surface area (Å²) in [5.41, 5.74) is 3.20. The molecule has 5 rings (SSSR count). The molecule has 12 nitrogen and oxygen atoms in total. The number of ether oxygens (including phenoxy) is 1. The zero-order chi connectivity index (χ0) is 40.1. The maximum atomic E-state index is 13.9. The Kier molecular flexibility index (Phi) is 15.1. The number of nitrogens with one attached hydrogen (secondary N) is 3. The quantitative estimate of drug-likeness (QED) is 0.0855. The van der Waals surface area contributed by atoms with Gasteiger partial charge in [-0.25, -0.2) is 9.97 Å². The normalized spacial score (nSPS) is 14.1. The van der Waals surface area contributed by atoms with Gasteiger partial charge in [-0.15, -0.1) is 11.3 Å². The number of hydrogen-bond acceptors (Lipinski definition) is 9. The van der Waals surface area contributed by atoms with Crippen LogP contribution in [-0.2, 0) is 26.2 Å². The van der Waals surface area contributed by atoms with Crippen LogP contribution in [0.1, 0.15) is 86.3 Å². The van der Waals surface area contributed by atoms with Crippen LogP contribution in [0, 0.1) is 0 Å². The van der Waals surface area contributed by atoms with E-state index in [0.29, 0.717) is 43.5 Å². The summed E-state index contributed by atoms with van der Waals surface area (Å²) in [7, 11) is 0. The van der Waals surface area contributed by atoms with E-state index in [9.17, 15) is 24.3 Å². The number of benzene rings is 2. The molecule has 0 saturated carbocycles. The van der Waals surface area contributed by atoms with Crippen molar-refractivity contribution in [2.75, 3.05) is 32.8 Å². The van der Waals surface area contributed by atoms with Crippen LogP contribution in [0.25, 0.3) is 22.5 Å². The van der Waals surface area contributed by atoms with E-state index >= 15 is 0 Å². The van der Waals surface area contributed by atoms with Crippen LogP contribution >= 0.6 is 11.3 Å². The predicted octanol–water partition coefficient (Wildman–Crippen LogP) is 6.25. The molecule has 298 valence electrons. The summed E-state index contributed by atoms with van der Waals surface area (Å²) >= 11 is 1.35. The van der Waals surface area contributed by atoms with Crippen LogP contribution in [0.2, 0.25) is 0 Å². The number of amides is 3. The molecule has 3 heterocycles. The number of unbranched alkanes of at least 4 members (excludes halogenated alkanes) is 4. The van der Waals surface area contributed by atoms with Crippen molar-refractivity contribution in [2.24, 2.45) is 0 Å². The molecule has 0 unspecified atom stereocenters. The van der Waals surface area contributed by atoms with Crippen LogP contribution in [0.3, 0.4) is 0 Å². The first-order valence-electron chi connectivity index (χ1n) is 19.5. The second-order valence-electron chi connectivity index (χ2n) is 15.2. The van der Waals surface area contributed by atoms with E-state index < -0.39 is 42.2 Å². The zero-order valence-electron chi connectivity index (χ0n) is 32.8. The molecule has 0 bridgehead atoms. The van der Waals surface area contributed by atoms with Crippen molar-refractivity contribution in [3.63, 3.8) is 0 Å². The highest BCUT2D eigenvalue weighted by Gasteiger charge is 2.32. The highest BCUT2D eigenvalue weighted by atomic mass is 32.1. The number of nitrogens with zero attached hydrogens (tertiary/aromatic N) is 3. The first-order chi connectivity index (χ1) is 26.9. The number of carboxylic acid groups (broad SMARTS) is 1. The Balaban J connectivity index is 1.27. The highest BCUT2D eigenvalue weighted by Crippen LogP contribution is 2.30. The minimum Gasteiger partial charge on any atom is -0.494 e. The van der Waals surface area contributed by atoms with Crippen molar-refractivity contribution in [1.82, 2.24) is 30.8 Å². The van der Waals surface area contributed by atoms with E-state index in [2.05, 4.69) is 53.6 Å². The number of rotatable bonds is 18. The Bertz CT molecular complexity index is 1900. The van der Waals surface area contributed by atoms with E-state index in [-0.39, 0.29) is 11.8 Å². The molecule has 13 heteroatoms. The van der Waals surface area contributed by atoms with E-state index in [1.165, 1.54) is 37.0 Å². The first kappa shape index (κ1) is 42.0. The number of carbonyl (C=O) groups excluding carboxylic acids is 3. The maximum absolute atomic E-state index is 13.9. The monoisotopic (exact) mass is 782 g/mol. The van der Waals surface area contributed by atoms with Gasteiger partial charge in [0.25, 0.3) is 5.91 Å². The van der Waals surface area contributed by atoms with Gasteiger partial charge >= 0.3 is 5.97 Å². The van der Waals surface area contributed by atoms with E-state index in [0.717, 1.165) is 39.3 Å². The third-order valence-corrected chi connectivity index (χ3v) is 11.1. The lowest BCUT2D eigenvalue weighted by molar-refractivity contribution is -0.144. The number of carbonyl (C=O) groups is 4. The molecule has 2 aromatic heterocycles.